The molecule has 0 heterocycles. The first-order valence-electron chi connectivity index (χ1n) is 14.2. The number of hydrogen-bond donors (Lipinski definition) is 0. The summed E-state index contributed by atoms with van der Waals surface area (Å²) in [5.74, 6) is 5.22. The molecular weight excluding hydrogens is 757 g/mol. The van der Waals surface area contributed by atoms with Gasteiger partial charge in [-0.3, -0.25) is 0 Å². The zero-order chi connectivity index (χ0) is 32.8. The summed E-state index contributed by atoms with van der Waals surface area (Å²) in [6.07, 6.45) is 0. The fourth-order valence-corrected chi connectivity index (χ4v) is 5.50. The van der Waals surface area contributed by atoms with Gasteiger partial charge in [-0.25, -0.2) is 0 Å². The van der Waals surface area contributed by atoms with Crippen LogP contribution in [-0.4, -0.2) is 5.75 Å². The zero-order valence-electron chi connectivity index (χ0n) is 25.3. The number of halogens is 1. The topological polar surface area (TPSA) is 72.5 Å². The molecule has 11 heteroatoms. The van der Waals surface area contributed by atoms with Crippen LogP contribution in [0.4, 0.5) is 0 Å². The van der Waals surface area contributed by atoms with Crippen molar-refractivity contribution in [2.75, 3.05) is 0 Å². The second kappa shape index (κ2) is 23.0. The maximum Gasteiger partial charge on any atom is 0.530 e. The van der Waals surface area contributed by atoms with Crippen molar-refractivity contribution >= 4 is 34.6 Å². The van der Waals surface area contributed by atoms with Gasteiger partial charge >= 0.3 is 17.2 Å². The molecule has 7 nitrogen and oxygen atoms in total. The minimum atomic E-state index is -1.59. The maximum absolute atomic E-state index is 8.45. The van der Waals surface area contributed by atoms with Gasteiger partial charge in [0.25, 0.3) is 0 Å². The van der Waals surface area contributed by atoms with Crippen molar-refractivity contribution in [1.29, 1.82) is 0 Å². The van der Waals surface area contributed by atoms with E-state index in [-0.39, 0.29) is 19.5 Å². The average Bonchev–Trinajstić information content (AvgIpc) is 3.12. The van der Waals surface area contributed by atoms with E-state index in [9.17, 15) is 0 Å². The van der Waals surface area contributed by atoms with Crippen LogP contribution in [0.1, 0.15) is 0 Å². The van der Waals surface area contributed by atoms with Crippen LogP contribution >= 0.6 is 28.8 Å². The molecule has 0 aliphatic rings. The van der Waals surface area contributed by atoms with Crippen LogP contribution in [0.2, 0.25) is 0 Å². The van der Waals surface area contributed by atoms with Crippen molar-refractivity contribution in [1.82, 2.24) is 0 Å². The van der Waals surface area contributed by atoms with Crippen LogP contribution in [0.15, 0.2) is 182 Å². The quantitative estimate of drug-likeness (QED) is 0.0529. The van der Waals surface area contributed by atoms with E-state index in [1.807, 2.05) is 182 Å². The molecule has 0 amide bonds. The van der Waals surface area contributed by atoms with E-state index >= 15 is 0 Å². The van der Waals surface area contributed by atoms with E-state index in [2.05, 4.69) is 11.6 Å². The molecule has 48 heavy (non-hydrogen) atoms. The predicted octanol–water partition coefficient (Wildman–Crippen LogP) is 11.2. The molecule has 0 saturated carbocycles. The Bertz CT molecular complexity index is 1340. The first-order chi connectivity index (χ1) is 23.2. The molecule has 0 N–H and O–H groups in total. The maximum atomic E-state index is 8.45. The largest absolute Gasteiger partial charge is 0.530 e. The summed E-state index contributed by atoms with van der Waals surface area (Å²) in [5.41, 5.74) is 0. The van der Waals surface area contributed by atoms with Crippen LogP contribution in [0.25, 0.3) is 0 Å². The summed E-state index contributed by atoms with van der Waals surface area (Å²) in [4.78, 5) is 8.45. The van der Waals surface area contributed by atoms with Crippen LogP contribution in [0.3, 0.4) is 0 Å². The number of benzene rings is 6. The third kappa shape index (κ3) is 15.0. The molecule has 0 unspecified atom stereocenters. The first kappa shape index (κ1) is 38.0. The van der Waals surface area contributed by atoms with Crippen LogP contribution in [0.5, 0.6) is 34.5 Å². The normalized spacial score (nSPS) is 9.65. The molecule has 0 aromatic heterocycles. The SMILES string of the molecule is O=[C-]Cl.[Rh].c1ccc(OP(Oc2ccccc2)Oc2ccccc2)cc1.c1ccc(OP(Oc2ccccc2)Oc2ccccc2)cc1. The van der Waals surface area contributed by atoms with Crippen LogP contribution in [0, 0.1) is 0 Å². The molecule has 247 valence electrons. The molecule has 0 bridgehead atoms. The zero-order valence-corrected chi connectivity index (χ0v) is 29.5. The van der Waals surface area contributed by atoms with Gasteiger partial charge in [-0.05, 0) is 72.8 Å². The van der Waals surface area contributed by atoms with Gasteiger partial charge in [0.1, 0.15) is 34.5 Å². The summed E-state index contributed by atoms with van der Waals surface area (Å²) in [5, 5.41) is 0. The summed E-state index contributed by atoms with van der Waals surface area (Å²) in [6, 6.07) is 57.0. The van der Waals surface area contributed by atoms with E-state index in [4.69, 9.17) is 31.9 Å². The second-order valence-electron chi connectivity index (χ2n) is 8.95. The Kier molecular flexibility index (Phi) is 18.2. The minimum Gasteiger partial charge on any atom is -0.525 e. The van der Waals surface area contributed by atoms with Gasteiger partial charge in [0.2, 0.25) is 0 Å². The molecule has 1 radical (unpaired) electrons. The molecule has 6 rings (SSSR count). The predicted molar refractivity (Wildman–Crippen MR) is 188 cm³/mol. The Morgan fingerprint density at radius 2 is 0.458 bits per heavy atom. The van der Waals surface area contributed by atoms with Crippen molar-refractivity contribution in [3.8, 4) is 34.5 Å². The van der Waals surface area contributed by atoms with E-state index in [0.29, 0.717) is 34.5 Å². The standard InChI is InChI=1S/2C18H15O3P.CClO.Rh/c2*1-4-10-16(11-5-1)19-22(20-17-12-6-2-7-13-17)21-18-14-8-3-9-15-18;2-1-3;/h2*1-15H;;/q;;-1;. The van der Waals surface area contributed by atoms with Gasteiger partial charge in [-0.15, -0.1) is 0 Å². The van der Waals surface area contributed by atoms with Gasteiger partial charge in [0, 0.05) is 19.5 Å². The van der Waals surface area contributed by atoms with Gasteiger partial charge in [-0.1, -0.05) is 109 Å². The Hall–Kier alpha value is -4.44. The van der Waals surface area contributed by atoms with Crippen molar-refractivity contribution in [3.05, 3.63) is 182 Å². The molecule has 0 saturated heterocycles. The Balaban J connectivity index is 0.000000236. The number of carbonyl (C=O) groups excluding carboxylic acids is 1. The fourth-order valence-electron chi connectivity index (χ4n) is 3.52. The summed E-state index contributed by atoms with van der Waals surface area (Å²) < 4.78 is 35.1. The van der Waals surface area contributed by atoms with Gasteiger partial charge < -0.3 is 43.5 Å². The molecule has 0 aliphatic carbocycles. The fraction of sp³-hybridized carbons (Fsp3) is 0. The molecule has 6 aromatic rings. The minimum absolute atomic E-state index is 0. The van der Waals surface area contributed by atoms with Gasteiger partial charge in [0.15, 0.2) is 0 Å². The molecule has 0 spiro atoms. The monoisotopic (exact) mass is 786 g/mol. The van der Waals surface area contributed by atoms with E-state index in [1.165, 1.54) is 0 Å². The van der Waals surface area contributed by atoms with E-state index in [1.54, 1.807) is 0 Å². The van der Waals surface area contributed by atoms with Gasteiger partial charge in [0.05, 0.1) is 0 Å². The second-order valence-corrected chi connectivity index (χ2v) is 11.1. The first-order valence-corrected chi connectivity index (χ1v) is 16.7. The Morgan fingerprint density at radius 1 is 0.333 bits per heavy atom. The van der Waals surface area contributed by atoms with Crippen LogP contribution in [-0.2, 0) is 24.3 Å². The van der Waals surface area contributed by atoms with Gasteiger partial charge in [-0.2, -0.15) is 5.75 Å². The molecule has 0 atom stereocenters. The summed E-state index contributed by atoms with van der Waals surface area (Å²) in [7, 11) is -3.18. The number of rotatable bonds is 12. The molecular formula is C37H30ClO7P2Rh-. The molecule has 0 aliphatic heterocycles. The smallest absolute Gasteiger partial charge is 0.525 e. The Labute approximate surface area is 301 Å². The van der Waals surface area contributed by atoms with Crippen molar-refractivity contribution < 1.29 is 51.4 Å². The third-order valence-electron chi connectivity index (χ3n) is 5.54. The number of para-hydroxylation sites is 6. The third-order valence-corrected chi connectivity index (χ3v) is 7.70. The molecule has 0 fully saturated rings. The van der Waals surface area contributed by atoms with Crippen molar-refractivity contribution in [2.45, 2.75) is 0 Å². The molecule has 6 aromatic carbocycles. The van der Waals surface area contributed by atoms with E-state index in [0.717, 1.165) is 5.75 Å². The summed E-state index contributed by atoms with van der Waals surface area (Å²) in [6.45, 7) is 0. The van der Waals surface area contributed by atoms with Crippen LogP contribution < -0.4 is 27.1 Å². The number of hydrogen-bond acceptors (Lipinski definition) is 7. The summed E-state index contributed by atoms with van der Waals surface area (Å²) >= 11 is 4.19. The average molecular weight is 787 g/mol. The van der Waals surface area contributed by atoms with Crippen molar-refractivity contribution in [2.24, 2.45) is 0 Å². The van der Waals surface area contributed by atoms with Crippen molar-refractivity contribution in [3.63, 3.8) is 0 Å². The Morgan fingerprint density at radius 3 is 0.583 bits per heavy atom. The van der Waals surface area contributed by atoms with E-state index < -0.39 is 17.2 Å².